The van der Waals surface area contributed by atoms with Crippen LogP contribution in [0.4, 0.5) is 24.7 Å². The summed E-state index contributed by atoms with van der Waals surface area (Å²) in [6.45, 7) is 3.14. The predicted molar refractivity (Wildman–Crippen MR) is 142 cm³/mol. The Bertz CT molecular complexity index is 1540. The minimum atomic E-state index is -4.76. The van der Waals surface area contributed by atoms with E-state index in [-0.39, 0.29) is 18.0 Å². The first-order valence-corrected chi connectivity index (χ1v) is 12.0. The Morgan fingerprint density at radius 1 is 1.23 bits per heavy atom. The SMILES string of the molecule is Cc1nc(N[C@H](C)c2cc([N+](=O)[O-])cc(C(F)(F)F)c2)c2cc(C3=CN(CC(=O)N(C)C)[C@H](O)N=C3)ccc2n1. The lowest BCUT2D eigenvalue weighted by Gasteiger charge is -2.28. The lowest BCUT2D eigenvalue weighted by atomic mass is 10.0. The number of alkyl halides is 3. The number of nitro groups is 1. The van der Waals surface area contributed by atoms with E-state index in [9.17, 15) is 33.2 Å². The van der Waals surface area contributed by atoms with Crippen LogP contribution in [0, 0.1) is 17.0 Å². The number of aromatic nitrogens is 2. The number of rotatable bonds is 7. The fourth-order valence-electron chi connectivity index (χ4n) is 4.06. The molecule has 2 atom stereocenters. The van der Waals surface area contributed by atoms with E-state index in [0.29, 0.717) is 39.7 Å². The molecular formula is C26H26F3N7O4. The second kappa shape index (κ2) is 10.9. The van der Waals surface area contributed by atoms with Crippen LogP contribution >= 0.6 is 0 Å². The normalized spacial score (nSPS) is 16.1. The number of aryl methyl sites for hydroxylation is 1. The lowest BCUT2D eigenvalue weighted by Crippen LogP contribution is -2.40. The number of hydrogen-bond donors (Lipinski definition) is 2. The van der Waals surface area contributed by atoms with Crippen LogP contribution in [-0.4, -0.2) is 68.9 Å². The van der Waals surface area contributed by atoms with Gasteiger partial charge in [0.25, 0.3) is 5.69 Å². The Labute approximate surface area is 226 Å². The highest BCUT2D eigenvalue weighted by Gasteiger charge is 2.33. The van der Waals surface area contributed by atoms with E-state index in [1.807, 2.05) is 0 Å². The Balaban J connectivity index is 1.72. The largest absolute Gasteiger partial charge is 0.416 e. The van der Waals surface area contributed by atoms with E-state index in [4.69, 9.17) is 0 Å². The molecule has 0 radical (unpaired) electrons. The molecule has 1 amide bonds. The monoisotopic (exact) mass is 557 g/mol. The summed E-state index contributed by atoms with van der Waals surface area (Å²) in [5, 5.41) is 25.1. The standard InChI is InChI=1S/C26H26F3N7O4/c1-14(17-7-19(26(27,28)29)10-20(8-17)36(39)40)31-24-21-9-16(5-6-22(21)32-15(2)33-24)18-11-30-25(38)35(12-18)13-23(37)34(3)4/h5-12,14,25,38H,13H2,1-4H3,(H,31,32,33)/t14-,25-/m1/s1. The van der Waals surface area contributed by atoms with Crippen LogP contribution in [0.3, 0.4) is 0 Å². The number of nitro benzene ring substituents is 1. The van der Waals surface area contributed by atoms with Crippen molar-refractivity contribution in [2.45, 2.75) is 32.4 Å². The van der Waals surface area contributed by atoms with Crippen LogP contribution in [0.5, 0.6) is 0 Å². The van der Waals surface area contributed by atoms with Gasteiger partial charge in [0.15, 0.2) is 0 Å². The van der Waals surface area contributed by atoms with Crippen molar-refractivity contribution >= 4 is 40.1 Å². The van der Waals surface area contributed by atoms with E-state index in [0.717, 1.165) is 12.1 Å². The number of likely N-dealkylation sites (N-methyl/N-ethyl adjacent to an activating group) is 1. The zero-order valence-electron chi connectivity index (χ0n) is 22.0. The molecule has 0 saturated carbocycles. The molecule has 2 N–H and O–H groups in total. The van der Waals surface area contributed by atoms with E-state index >= 15 is 0 Å². The van der Waals surface area contributed by atoms with Crippen molar-refractivity contribution in [1.82, 2.24) is 19.8 Å². The number of aliphatic hydroxyl groups is 1. The summed E-state index contributed by atoms with van der Waals surface area (Å²) in [7, 11) is 3.20. The van der Waals surface area contributed by atoms with Crippen molar-refractivity contribution in [2.75, 3.05) is 26.0 Å². The quantitative estimate of drug-likeness (QED) is 0.327. The van der Waals surface area contributed by atoms with Gasteiger partial charge in [-0.05, 0) is 43.2 Å². The number of aliphatic hydroxyl groups excluding tert-OH is 1. The molecule has 1 aliphatic heterocycles. The molecule has 0 bridgehead atoms. The van der Waals surface area contributed by atoms with E-state index in [2.05, 4.69) is 20.3 Å². The van der Waals surface area contributed by atoms with Gasteiger partial charge in [-0.2, -0.15) is 13.2 Å². The molecule has 210 valence electrons. The smallest absolute Gasteiger partial charge is 0.363 e. The fourth-order valence-corrected chi connectivity index (χ4v) is 4.06. The summed E-state index contributed by atoms with van der Waals surface area (Å²) in [6.07, 6.45) is -2.92. The van der Waals surface area contributed by atoms with Gasteiger partial charge in [0.1, 0.15) is 18.2 Å². The topological polar surface area (TPSA) is 137 Å². The number of aliphatic imine (C=N–C) groups is 1. The third kappa shape index (κ3) is 6.17. The van der Waals surface area contributed by atoms with Gasteiger partial charge in [-0.25, -0.2) is 15.0 Å². The molecule has 14 heteroatoms. The number of fused-ring (bicyclic) bond motifs is 1. The van der Waals surface area contributed by atoms with Crippen LogP contribution in [0.1, 0.15) is 35.5 Å². The molecule has 0 spiro atoms. The summed E-state index contributed by atoms with van der Waals surface area (Å²) >= 11 is 0. The van der Waals surface area contributed by atoms with Gasteiger partial charge in [-0.1, -0.05) is 6.07 Å². The minimum absolute atomic E-state index is 0.0550. The van der Waals surface area contributed by atoms with Gasteiger partial charge in [0, 0.05) is 49.6 Å². The molecule has 3 aromatic rings. The summed E-state index contributed by atoms with van der Waals surface area (Å²) in [5.74, 6) is 0.481. The van der Waals surface area contributed by atoms with Crippen molar-refractivity contribution in [3.05, 3.63) is 75.2 Å². The van der Waals surface area contributed by atoms with Crippen LogP contribution in [0.15, 0.2) is 47.6 Å². The second-order valence-electron chi connectivity index (χ2n) is 9.45. The summed E-state index contributed by atoms with van der Waals surface area (Å²) in [6, 6.07) is 6.93. The first-order valence-electron chi connectivity index (χ1n) is 12.0. The molecule has 40 heavy (non-hydrogen) atoms. The predicted octanol–water partition coefficient (Wildman–Crippen LogP) is 4.13. The van der Waals surface area contributed by atoms with Crippen molar-refractivity contribution in [2.24, 2.45) is 4.99 Å². The Morgan fingerprint density at radius 2 is 1.95 bits per heavy atom. The van der Waals surface area contributed by atoms with E-state index < -0.39 is 34.7 Å². The maximum atomic E-state index is 13.4. The van der Waals surface area contributed by atoms with Crippen molar-refractivity contribution < 1.29 is 28.0 Å². The third-order valence-electron chi connectivity index (χ3n) is 6.24. The highest BCUT2D eigenvalue weighted by Crippen LogP contribution is 2.35. The molecule has 11 nitrogen and oxygen atoms in total. The number of amides is 1. The maximum Gasteiger partial charge on any atom is 0.416 e. The first kappa shape index (κ1) is 28.4. The van der Waals surface area contributed by atoms with Crippen LogP contribution in [0.25, 0.3) is 16.5 Å². The number of anilines is 1. The zero-order valence-corrected chi connectivity index (χ0v) is 22.0. The van der Waals surface area contributed by atoms with Crippen molar-refractivity contribution in [3.63, 3.8) is 0 Å². The summed E-state index contributed by atoms with van der Waals surface area (Å²) < 4.78 is 40.3. The molecule has 2 aromatic carbocycles. The Kier molecular flexibility index (Phi) is 7.73. The lowest BCUT2D eigenvalue weighted by molar-refractivity contribution is -0.385. The number of hydrogen-bond acceptors (Lipinski definition) is 9. The van der Waals surface area contributed by atoms with Crippen molar-refractivity contribution in [1.29, 1.82) is 0 Å². The van der Waals surface area contributed by atoms with Crippen molar-refractivity contribution in [3.8, 4) is 0 Å². The molecule has 0 aliphatic carbocycles. The summed E-state index contributed by atoms with van der Waals surface area (Å²) in [4.78, 5) is 38.3. The highest BCUT2D eigenvalue weighted by molar-refractivity contribution is 6.11. The van der Waals surface area contributed by atoms with E-state index in [1.54, 1.807) is 52.3 Å². The highest BCUT2D eigenvalue weighted by atomic mass is 19.4. The number of benzene rings is 2. The van der Waals surface area contributed by atoms with Crippen LogP contribution in [0.2, 0.25) is 0 Å². The second-order valence-corrected chi connectivity index (χ2v) is 9.45. The average Bonchev–Trinajstić information content (AvgIpc) is 2.88. The number of allylic oxidation sites excluding steroid dienone is 1. The number of carbonyl (C=O) groups excluding carboxylic acids is 1. The molecule has 0 saturated heterocycles. The van der Waals surface area contributed by atoms with Gasteiger partial charge in [-0.15, -0.1) is 0 Å². The minimum Gasteiger partial charge on any atom is -0.363 e. The van der Waals surface area contributed by atoms with E-state index in [1.165, 1.54) is 16.0 Å². The number of halogens is 3. The van der Waals surface area contributed by atoms with Gasteiger partial charge >= 0.3 is 6.18 Å². The van der Waals surface area contributed by atoms with Crippen LogP contribution < -0.4 is 5.32 Å². The number of nitrogens with one attached hydrogen (secondary N) is 1. The summed E-state index contributed by atoms with van der Waals surface area (Å²) in [5.41, 5.74) is 0.0513. The Hall–Kier alpha value is -4.59. The molecule has 0 fully saturated rings. The number of carbonyl (C=O) groups is 1. The zero-order chi connectivity index (χ0) is 29.4. The van der Waals surface area contributed by atoms with Gasteiger partial charge in [-0.3, -0.25) is 14.9 Å². The fraction of sp³-hybridized carbons (Fsp3) is 0.308. The third-order valence-corrected chi connectivity index (χ3v) is 6.24. The molecule has 0 unspecified atom stereocenters. The van der Waals surface area contributed by atoms with Crippen LogP contribution in [-0.2, 0) is 11.0 Å². The molecular weight excluding hydrogens is 531 g/mol. The molecule has 1 aromatic heterocycles. The molecule has 1 aliphatic rings. The number of non-ortho nitro benzene ring substituents is 1. The van der Waals surface area contributed by atoms with Gasteiger partial charge in [0.05, 0.1) is 22.0 Å². The maximum absolute atomic E-state index is 13.4. The average molecular weight is 558 g/mol. The van der Waals surface area contributed by atoms with Gasteiger partial charge < -0.3 is 20.2 Å². The van der Waals surface area contributed by atoms with Gasteiger partial charge in [0.2, 0.25) is 12.3 Å². The Morgan fingerprint density at radius 3 is 2.60 bits per heavy atom. The molecule has 2 heterocycles. The molecule has 4 rings (SSSR count). The first-order chi connectivity index (χ1) is 18.7. The number of nitrogens with zero attached hydrogens (tertiary/aromatic N) is 6.